The van der Waals surface area contributed by atoms with Gasteiger partial charge in [-0.15, -0.1) is 0 Å². The monoisotopic (exact) mass is 227 g/mol. The molecule has 1 aromatic carbocycles. The van der Waals surface area contributed by atoms with Crippen LogP contribution in [-0.2, 0) is 0 Å². The number of hydrogen-bond acceptors (Lipinski definition) is 3. The molecule has 0 radical (unpaired) electrons. The van der Waals surface area contributed by atoms with E-state index in [-0.39, 0.29) is 6.54 Å². The van der Waals surface area contributed by atoms with Crippen molar-refractivity contribution in [2.24, 2.45) is 5.73 Å². The highest BCUT2D eigenvalue weighted by Crippen LogP contribution is 2.33. The molecule has 1 aliphatic carbocycles. The standard InChI is InChI=1S/C11H14ClNO2/c12-9-5-7(10(14)6-13)1-4-11(9)15-8-2-3-8/h1,4-5,8,10,14H,2-3,6,13H2. The summed E-state index contributed by atoms with van der Waals surface area (Å²) in [6.45, 7) is 0.194. The Bertz CT molecular complexity index is 352. The van der Waals surface area contributed by atoms with Crippen molar-refractivity contribution < 1.29 is 9.84 Å². The van der Waals surface area contributed by atoms with Crippen LogP contribution >= 0.6 is 11.6 Å². The first-order valence-corrected chi connectivity index (χ1v) is 5.42. The number of hydrogen-bond donors (Lipinski definition) is 2. The fraction of sp³-hybridized carbons (Fsp3) is 0.455. The summed E-state index contributed by atoms with van der Waals surface area (Å²) in [7, 11) is 0. The van der Waals surface area contributed by atoms with Crippen LogP contribution in [0.1, 0.15) is 24.5 Å². The molecule has 82 valence electrons. The maximum Gasteiger partial charge on any atom is 0.138 e. The summed E-state index contributed by atoms with van der Waals surface area (Å²) in [6.07, 6.45) is 1.87. The van der Waals surface area contributed by atoms with E-state index in [9.17, 15) is 5.11 Å². The number of aliphatic hydroxyl groups is 1. The maximum absolute atomic E-state index is 9.51. The number of halogens is 1. The molecule has 1 aromatic rings. The van der Waals surface area contributed by atoms with E-state index >= 15 is 0 Å². The lowest BCUT2D eigenvalue weighted by molar-refractivity contribution is 0.186. The Hall–Kier alpha value is -0.770. The van der Waals surface area contributed by atoms with Gasteiger partial charge in [0.25, 0.3) is 0 Å². The van der Waals surface area contributed by atoms with Gasteiger partial charge in [-0.3, -0.25) is 0 Å². The molecular weight excluding hydrogens is 214 g/mol. The average molecular weight is 228 g/mol. The van der Waals surface area contributed by atoms with E-state index in [1.807, 2.05) is 0 Å². The minimum absolute atomic E-state index is 0.194. The minimum Gasteiger partial charge on any atom is -0.489 e. The van der Waals surface area contributed by atoms with Crippen molar-refractivity contribution in [1.29, 1.82) is 0 Å². The van der Waals surface area contributed by atoms with Crippen molar-refractivity contribution in [1.82, 2.24) is 0 Å². The second kappa shape index (κ2) is 4.39. The second-order valence-electron chi connectivity index (χ2n) is 3.76. The third-order valence-electron chi connectivity index (χ3n) is 2.38. The van der Waals surface area contributed by atoms with E-state index < -0.39 is 6.10 Å². The van der Waals surface area contributed by atoms with E-state index in [1.54, 1.807) is 18.2 Å². The van der Waals surface area contributed by atoms with E-state index in [2.05, 4.69) is 0 Å². The lowest BCUT2D eigenvalue weighted by Gasteiger charge is -2.11. The first kappa shape index (κ1) is 10.7. The maximum atomic E-state index is 9.51. The molecule has 1 unspecified atom stereocenters. The van der Waals surface area contributed by atoms with Crippen molar-refractivity contribution in [2.45, 2.75) is 25.0 Å². The predicted molar refractivity (Wildman–Crippen MR) is 59.1 cm³/mol. The van der Waals surface area contributed by atoms with Crippen LogP contribution in [0.25, 0.3) is 0 Å². The molecular formula is C11H14ClNO2. The van der Waals surface area contributed by atoms with Crippen LogP contribution in [0, 0.1) is 0 Å². The number of benzene rings is 1. The molecule has 15 heavy (non-hydrogen) atoms. The van der Waals surface area contributed by atoms with Gasteiger partial charge in [0, 0.05) is 6.54 Å². The Balaban J connectivity index is 2.13. The molecule has 0 aromatic heterocycles. The fourth-order valence-corrected chi connectivity index (χ4v) is 1.55. The number of ether oxygens (including phenoxy) is 1. The first-order chi connectivity index (χ1) is 7.20. The minimum atomic E-state index is -0.655. The number of aliphatic hydroxyl groups excluding tert-OH is 1. The zero-order valence-electron chi connectivity index (χ0n) is 8.32. The lowest BCUT2D eigenvalue weighted by Crippen LogP contribution is -2.11. The summed E-state index contributed by atoms with van der Waals surface area (Å²) in [4.78, 5) is 0. The fourth-order valence-electron chi connectivity index (χ4n) is 1.32. The average Bonchev–Trinajstić information content (AvgIpc) is 3.04. The van der Waals surface area contributed by atoms with E-state index in [1.165, 1.54) is 0 Å². The molecule has 1 atom stereocenters. The molecule has 3 N–H and O–H groups in total. The van der Waals surface area contributed by atoms with Gasteiger partial charge in [0.05, 0.1) is 17.2 Å². The normalized spacial score (nSPS) is 17.5. The summed E-state index contributed by atoms with van der Waals surface area (Å²) < 4.78 is 5.58. The molecule has 0 amide bonds. The number of rotatable bonds is 4. The van der Waals surface area contributed by atoms with Gasteiger partial charge in [-0.1, -0.05) is 17.7 Å². The van der Waals surface area contributed by atoms with Gasteiger partial charge in [0.2, 0.25) is 0 Å². The molecule has 3 nitrogen and oxygen atoms in total. The van der Waals surface area contributed by atoms with Crippen LogP contribution in [-0.4, -0.2) is 17.8 Å². The molecule has 0 heterocycles. The third-order valence-corrected chi connectivity index (χ3v) is 2.68. The van der Waals surface area contributed by atoms with Crippen LogP contribution < -0.4 is 10.5 Å². The topological polar surface area (TPSA) is 55.5 Å². The Morgan fingerprint density at radius 3 is 2.80 bits per heavy atom. The highest BCUT2D eigenvalue weighted by atomic mass is 35.5. The van der Waals surface area contributed by atoms with Crippen LogP contribution in [0.5, 0.6) is 5.75 Å². The summed E-state index contributed by atoms with van der Waals surface area (Å²) in [5, 5.41) is 10.0. The van der Waals surface area contributed by atoms with Crippen molar-refractivity contribution in [3.8, 4) is 5.75 Å². The van der Waals surface area contributed by atoms with Gasteiger partial charge in [-0.05, 0) is 30.5 Å². The smallest absolute Gasteiger partial charge is 0.138 e. The van der Waals surface area contributed by atoms with Gasteiger partial charge in [-0.2, -0.15) is 0 Å². The second-order valence-corrected chi connectivity index (χ2v) is 4.17. The Morgan fingerprint density at radius 2 is 2.27 bits per heavy atom. The van der Waals surface area contributed by atoms with Crippen molar-refractivity contribution >= 4 is 11.6 Å². The van der Waals surface area contributed by atoms with Gasteiger partial charge in [0.1, 0.15) is 5.75 Å². The molecule has 0 bridgehead atoms. The summed E-state index contributed by atoms with van der Waals surface area (Å²) >= 11 is 6.03. The van der Waals surface area contributed by atoms with E-state index in [0.29, 0.717) is 16.9 Å². The van der Waals surface area contributed by atoms with Crippen LogP contribution in [0.2, 0.25) is 5.02 Å². The molecule has 1 aliphatic rings. The van der Waals surface area contributed by atoms with Crippen molar-refractivity contribution in [2.75, 3.05) is 6.54 Å². The van der Waals surface area contributed by atoms with Crippen LogP contribution in [0.3, 0.4) is 0 Å². The summed E-state index contributed by atoms with van der Waals surface area (Å²) in [5.41, 5.74) is 6.09. The zero-order valence-corrected chi connectivity index (χ0v) is 9.07. The highest BCUT2D eigenvalue weighted by molar-refractivity contribution is 6.32. The van der Waals surface area contributed by atoms with E-state index in [4.69, 9.17) is 22.1 Å². The third kappa shape index (κ3) is 2.62. The quantitative estimate of drug-likeness (QED) is 0.826. The summed E-state index contributed by atoms with van der Waals surface area (Å²) in [6, 6.07) is 5.28. The summed E-state index contributed by atoms with van der Waals surface area (Å²) in [5.74, 6) is 0.687. The Labute approximate surface area is 93.8 Å². The van der Waals surface area contributed by atoms with Crippen LogP contribution in [0.15, 0.2) is 18.2 Å². The SMILES string of the molecule is NCC(O)c1ccc(OC2CC2)c(Cl)c1. The van der Waals surface area contributed by atoms with Gasteiger partial charge >= 0.3 is 0 Å². The molecule has 0 spiro atoms. The predicted octanol–water partition coefficient (Wildman–Crippen LogP) is 1.87. The molecule has 2 rings (SSSR count). The zero-order chi connectivity index (χ0) is 10.8. The van der Waals surface area contributed by atoms with Gasteiger partial charge < -0.3 is 15.6 Å². The van der Waals surface area contributed by atoms with E-state index in [0.717, 1.165) is 18.4 Å². The van der Waals surface area contributed by atoms with Crippen molar-refractivity contribution in [3.05, 3.63) is 28.8 Å². The Kier molecular flexibility index (Phi) is 3.14. The molecule has 4 heteroatoms. The number of nitrogens with two attached hydrogens (primary N) is 1. The largest absolute Gasteiger partial charge is 0.489 e. The highest BCUT2D eigenvalue weighted by Gasteiger charge is 2.24. The molecule has 1 fully saturated rings. The van der Waals surface area contributed by atoms with Gasteiger partial charge in [0.15, 0.2) is 0 Å². The molecule has 1 saturated carbocycles. The van der Waals surface area contributed by atoms with Crippen molar-refractivity contribution in [3.63, 3.8) is 0 Å². The Morgan fingerprint density at radius 1 is 1.53 bits per heavy atom. The molecule has 0 saturated heterocycles. The van der Waals surface area contributed by atoms with Gasteiger partial charge in [-0.25, -0.2) is 0 Å². The lowest BCUT2D eigenvalue weighted by atomic mass is 10.1. The van der Waals surface area contributed by atoms with Crippen LogP contribution in [0.4, 0.5) is 0 Å². The first-order valence-electron chi connectivity index (χ1n) is 5.05. The molecule has 0 aliphatic heterocycles.